The summed E-state index contributed by atoms with van der Waals surface area (Å²) in [6.07, 6.45) is 2.57. The topological polar surface area (TPSA) is 37.3 Å². The molecule has 1 N–H and O–H groups in total. The molecule has 1 aromatic carbocycles. The molecule has 0 aromatic heterocycles. The van der Waals surface area contributed by atoms with Gasteiger partial charge in [0.25, 0.3) is 0 Å². The molecule has 0 bridgehead atoms. The number of carboxylic acids is 1. The van der Waals surface area contributed by atoms with Crippen LogP contribution in [0.3, 0.4) is 0 Å². The highest BCUT2D eigenvalue weighted by Gasteiger charge is 2.47. The van der Waals surface area contributed by atoms with Gasteiger partial charge in [-0.1, -0.05) is 39.3 Å². The molecule has 1 saturated carbocycles. The number of benzene rings is 1. The van der Waals surface area contributed by atoms with Crippen LogP contribution in [-0.2, 0) is 15.6 Å². The fraction of sp³-hybridized carbons (Fsp3) is 0.588. The van der Waals surface area contributed by atoms with Gasteiger partial charge in [-0.05, 0) is 54.4 Å². The Bertz CT molecular complexity index is 494. The second kappa shape index (κ2) is 4.36. The molecule has 1 aromatic rings. The lowest BCUT2D eigenvalue weighted by molar-refractivity contribution is -0.147. The van der Waals surface area contributed by atoms with Crippen LogP contribution in [0, 0.1) is 13.8 Å². The normalized spacial score (nSPS) is 17.9. The Morgan fingerprint density at radius 2 is 1.63 bits per heavy atom. The van der Waals surface area contributed by atoms with Crippen molar-refractivity contribution in [3.63, 3.8) is 0 Å². The molecule has 0 atom stereocenters. The zero-order valence-electron chi connectivity index (χ0n) is 12.6. The molecular formula is C17H24O2. The molecule has 1 aliphatic rings. The molecule has 1 aliphatic carbocycles. The number of aryl methyl sites for hydroxylation is 2. The molecule has 0 spiro atoms. The lowest BCUT2D eigenvalue weighted by Gasteiger charge is -2.40. The van der Waals surface area contributed by atoms with Crippen molar-refractivity contribution in [2.75, 3.05) is 0 Å². The number of carbonyl (C=O) groups is 1. The highest BCUT2D eigenvalue weighted by Crippen LogP contribution is 2.47. The first-order valence-corrected chi connectivity index (χ1v) is 7.04. The van der Waals surface area contributed by atoms with Crippen LogP contribution in [0.2, 0.25) is 0 Å². The molecular weight excluding hydrogens is 236 g/mol. The van der Waals surface area contributed by atoms with Gasteiger partial charge in [0, 0.05) is 0 Å². The van der Waals surface area contributed by atoms with E-state index in [4.69, 9.17) is 0 Å². The van der Waals surface area contributed by atoms with E-state index in [1.54, 1.807) is 0 Å². The van der Waals surface area contributed by atoms with E-state index in [2.05, 4.69) is 46.8 Å². The summed E-state index contributed by atoms with van der Waals surface area (Å²) in [5, 5.41) is 9.62. The SMILES string of the molecule is Cc1cc(C(C)(C)C)cc(C)c1C1(C(=O)O)CCC1. The van der Waals surface area contributed by atoms with Crippen LogP contribution < -0.4 is 0 Å². The van der Waals surface area contributed by atoms with Crippen LogP contribution in [0.5, 0.6) is 0 Å². The largest absolute Gasteiger partial charge is 0.481 e. The quantitative estimate of drug-likeness (QED) is 0.869. The summed E-state index contributed by atoms with van der Waals surface area (Å²) < 4.78 is 0. The standard InChI is InChI=1S/C17H24O2/c1-11-9-13(16(3,4)5)10-12(2)14(11)17(15(18)19)7-6-8-17/h9-10H,6-8H2,1-5H3,(H,18,19). The van der Waals surface area contributed by atoms with Gasteiger partial charge in [-0.25, -0.2) is 0 Å². The number of hydrogen-bond donors (Lipinski definition) is 1. The monoisotopic (exact) mass is 260 g/mol. The van der Waals surface area contributed by atoms with Crippen molar-refractivity contribution in [3.8, 4) is 0 Å². The lowest BCUT2D eigenvalue weighted by Crippen LogP contribution is -2.43. The summed E-state index contributed by atoms with van der Waals surface area (Å²) in [4.78, 5) is 11.7. The zero-order chi connectivity index (χ0) is 14.4. The van der Waals surface area contributed by atoms with Gasteiger partial charge in [0.15, 0.2) is 0 Å². The Labute approximate surface area is 115 Å². The minimum absolute atomic E-state index is 0.101. The molecule has 2 nitrogen and oxygen atoms in total. The molecule has 2 heteroatoms. The Kier molecular flexibility index (Phi) is 3.24. The van der Waals surface area contributed by atoms with Crippen molar-refractivity contribution >= 4 is 5.97 Å². The predicted molar refractivity (Wildman–Crippen MR) is 77.8 cm³/mol. The molecule has 0 radical (unpaired) electrons. The van der Waals surface area contributed by atoms with Crippen LogP contribution in [0.1, 0.15) is 62.3 Å². The molecule has 1 fully saturated rings. The van der Waals surface area contributed by atoms with Crippen molar-refractivity contribution < 1.29 is 9.90 Å². The summed E-state index contributed by atoms with van der Waals surface area (Å²) in [7, 11) is 0. The summed E-state index contributed by atoms with van der Waals surface area (Å²) in [5.41, 5.74) is 4.08. The minimum Gasteiger partial charge on any atom is -0.481 e. The van der Waals surface area contributed by atoms with E-state index in [9.17, 15) is 9.90 Å². The average Bonchev–Trinajstić information content (AvgIpc) is 2.18. The summed E-state index contributed by atoms with van der Waals surface area (Å²) in [6, 6.07) is 4.34. The van der Waals surface area contributed by atoms with E-state index in [-0.39, 0.29) is 5.41 Å². The number of rotatable bonds is 2. The average molecular weight is 260 g/mol. The lowest BCUT2D eigenvalue weighted by atomic mass is 9.62. The van der Waals surface area contributed by atoms with E-state index in [1.807, 2.05) is 0 Å². The van der Waals surface area contributed by atoms with Crippen LogP contribution >= 0.6 is 0 Å². The molecule has 2 rings (SSSR count). The number of hydrogen-bond acceptors (Lipinski definition) is 1. The van der Waals surface area contributed by atoms with Crippen LogP contribution in [0.4, 0.5) is 0 Å². The van der Waals surface area contributed by atoms with E-state index in [0.29, 0.717) is 0 Å². The Morgan fingerprint density at radius 1 is 1.16 bits per heavy atom. The Balaban J connectivity index is 2.58. The van der Waals surface area contributed by atoms with Crippen molar-refractivity contribution in [1.29, 1.82) is 0 Å². The fourth-order valence-corrected chi connectivity index (χ4v) is 3.25. The molecule has 0 aliphatic heterocycles. The predicted octanol–water partition coefficient (Wildman–Crippen LogP) is 4.11. The summed E-state index contributed by atoms with van der Waals surface area (Å²) in [5.74, 6) is -0.659. The third kappa shape index (κ3) is 2.18. The van der Waals surface area contributed by atoms with Gasteiger partial charge >= 0.3 is 5.97 Å². The summed E-state index contributed by atoms with van der Waals surface area (Å²) >= 11 is 0. The molecule has 0 heterocycles. The van der Waals surface area contributed by atoms with Gasteiger partial charge in [0.05, 0.1) is 5.41 Å². The fourth-order valence-electron chi connectivity index (χ4n) is 3.25. The van der Waals surface area contributed by atoms with E-state index in [0.717, 1.165) is 36.0 Å². The maximum atomic E-state index is 11.7. The van der Waals surface area contributed by atoms with Gasteiger partial charge in [-0.3, -0.25) is 4.79 Å². The molecule has 0 saturated heterocycles. The van der Waals surface area contributed by atoms with Crippen molar-refractivity contribution in [3.05, 3.63) is 34.4 Å². The minimum atomic E-state index is -0.659. The highest BCUT2D eigenvalue weighted by molar-refractivity contribution is 5.83. The molecule has 0 amide bonds. The Hall–Kier alpha value is -1.31. The van der Waals surface area contributed by atoms with E-state index in [1.165, 1.54) is 5.56 Å². The van der Waals surface area contributed by atoms with Gasteiger partial charge in [0.2, 0.25) is 0 Å². The number of carboxylic acid groups (broad SMARTS) is 1. The van der Waals surface area contributed by atoms with Gasteiger partial charge < -0.3 is 5.11 Å². The maximum Gasteiger partial charge on any atom is 0.314 e. The summed E-state index contributed by atoms with van der Waals surface area (Å²) in [6.45, 7) is 10.7. The molecule has 19 heavy (non-hydrogen) atoms. The van der Waals surface area contributed by atoms with Gasteiger partial charge in [-0.2, -0.15) is 0 Å². The van der Waals surface area contributed by atoms with Crippen molar-refractivity contribution in [2.45, 2.75) is 64.7 Å². The Morgan fingerprint density at radius 3 is 1.89 bits per heavy atom. The van der Waals surface area contributed by atoms with Crippen LogP contribution in [-0.4, -0.2) is 11.1 Å². The van der Waals surface area contributed by atoms with E-state index < -0.39 is 11.4 Å². The second-order valence-electron chi connectivity index (χ2n) is 6.98. The first-order valence-electron chi connectivity index (χ1n) is 7.04. The third-order valence-electron chi connectivity index (χ3n) is 4.49. The van der Waals surface area contributed by atoms with Crippen LogP contribution in [0.15, 0.2) is 12.1 Å². The third-order valence-corrected chi connectivity index (χ3v) is 4.49. The van der Waals surface area contributed by atoms with Crippen molar-refractivity contribution in [2.24, 2.45) is 0 Å². The first kappa shape index (κ1) is 14.1. The molecule has 104 valence electrons. The first-order chi connectivity index (χ1) is 8.68. The number of aliphatic carboxylic acids is 1. The van der Waals surface area contributed by atoms with Gasteiger partial charge in [-0.15, -0.1) is 0 Å². The van der Waals surface area contributed by atoms with Gasteiger partial charge in [0.1, 0.15) is 0 Å². The maximum absolute atomic E-state index is 11.7. The highest BCUT2D eigenvalue weighted by atomic mass is 16.4. The van der Waals surface area contributed by atoms with Crippen molar-refractivity contribution in [1.82, 2.24) is 0 Å². The zero-order valence-corrected chi connectivity index (χ0v) is 12.6. The molecule has 0 unspecified atom stereocenters. The smallest absolute Gasteiger partial charge is 0.314 e. The van der Waals surface area contributed by atoms with E-state index >= 15 is 0 Å². The second-order valence-corrected chi connectivity index (χ2v) is 6.98. The van der Waals surface area contributed by atoms with Crippen LogP contribution in [0.25, 0.3) is 0 Å².